The third-order valence-corrected chi connectivity index (χ3v) is 3.64. The molecule has 0 aliphatic heterocycles. The fourth-order valence-corrected chi connectivity index (χ4v) is 2.29. The van der Waals surface area contributed by atoms with Crippen LogP contribution in [0.5, 0.6) is 5.75 Å². The maximum absolute atomic E-state index is 12.1. The maximum atomic E-state index is 12.1. The number of methoxy groups -OCH3 is 1. The normalized spacial score (nSPS) is 10.0. The molecule has 2 N–H and O–H groups in total. The average molecular weight is 340 g/mol. The summed E-state index contributed by atoms with van der Waals surface area (Å²) in [6, 6.07) is 13.6. The van der Waals surface area contributed by atoms with Gasteiger partial charge in [-0.25, -0.2) is 0 Å². The number of amides is 2. The number of anilines is 1. The number of Topliss-reactive ketones (excluding diaryl/α,β-unsaturated/α-hetero) is 1. The van der Waals surface area contributed by atoms with Crippen LogP contribution in [-0.2, 0) is 4.79 Å². The van der Waals surface area contributed by atoms with Crippen molar-refractivity contribution in [3.8, 4) is 5.75 Å². The van der Waals surface area contributed by atoms with Gasteiger partial charge < -0.3 is 15.4 Å². The van der Waals surface area contributed by atoms with Crippen molar-refractivity contribution in [1.29, 1.82) is 0 Å². The van der Waals surface area contributed by atoms with Crippen LogP contribution in [0.3, 0.4) is 0 Å². The highest BCUT2D eigenvalue weighted by Crippen LogP contribution is 2.26. The lowest BCUT2D eigenvalue weighted by Crippen LogP contribution is -2.18. The average Bonchev–Trinajstić information content (AvgIpc) is 2.66. The van der Waals surface area contributed by atoms with Gasteiger partial charge in [-0.15, -0.1) is 0 Å². The molecule has 0 saturated heterocycles. The van der Waals surface area contributed by atoms with Crippen LogP contribution in [0.25, 0.3) is 0 Å². The molecular formula is C19H20N2O4. The third kappa shape index (κ3) is 4.91. The molecule has 6 nitrogen and oxygen atoms in total. The first-order valence-corrected chi connectivity index (χ1v) is 7.83. The fraction of sp³-hybridized carbons (Fsp3) is 0.211. The van der Waals surface area contributed by atoms with Crippen molar-refractivity contribution in [3.63, 3.8) is 0 Å². The van der Waals surface area contributed by atoms with Gasteiger partial charge in [-0.2, -0.15) is 0 Å². The van der Waals surface area contributed by atoms with Gasteiger partial charge in [0, 0.05) is 31.0 Å². The summed E-state index contributed by atoms with van der Waals surface area (Å²) in [5.74, 6) is -0.249. The van der Waals surface area contributed by atoms with Gasteiger partial charge in [0.2, 0.25) is 5.91 Å². The first-order valence-electron chi connectivity index (χ1n) is 7.83. The van der Waals surface area contributed by atoms with Gasteiger partial charge in [0.05, 0.1) is 12.8 Å². The van der Waals surface area contributed by atoms with Gasteiger partial charge >= 0.3 is 0 Å². The Morgan fingerprint density at radius 2 is 1.68 bits per heavy atom. The molecule has 0 heterocycles. The lowest BCUT2D eigenvalue weighted by Gasteiger charge is -2.11. The Balaban J connectivity index is 1.98. The van der Waals surface area contributed by atoms with Crippen molar-refractivity contribution < 1.29 is 19.1 Å². The van der Waals surface area contributed by atoms with E-state index in [9.17, 15) is 14.4 Å². The van der Waals surface area contributed by atoms with E-state index in [2.05, 4.69) is 10.6 Å². The number of hydrogen-bond acceptors (Lipinski definition) is 4. The number of rotatable bonds is 7. The van der Waals surface area contributed by atoms with Gasteiger partial charge in [-0.05, 0) is 18.2 Å². The molecule has 0 saturated carbocycles. The first-order chi connectivity index (χ1) is 12.0. The molecule has 0 aliphatic carbocycles. The van der Waals surface area contributed by atoms with E-state index < -0.39 is 0 Å². The highest BCUT2D eigenvalue weighted by Gasteiger charge is 2.13. The van der Waals surface area contributed by atoms with Crippen molar-refractivity contribution in [3.05, 3.63) is 59.7 Å². The van der Waals surface area contributed by atoms with Crippen LogP contribution in [0, 0.1) is 0 Å². The molecule has 130 valence electrons. The minimum Gasteiger partial charge on any atom is -0.495 e. The van der Waals surface area contributed by atoms with Crippen molar-refractivity contribution in [1.82, 2.24) is 5.32 Å². The molecule has 0 aliphatic rings. The Morgan fingerprint density at radius 3 is 2.32 bits per heavy atom. The van der Waals surface area contributed by atoms with Crippen LogP contribution in [0.15, 0.2) is 48.5 Å². The zero-order chi connectivity index (χ0) is 18.2. The van der Waals surface area contributed by atoms with Crippen molar-refractivity contribution >= 4 is 23.3 Å². The molecule has 2 aromatic carbocycles. The standard InChI is InChI=1S/C19H20N2O4/c1-20-19(24)14-8-9-15(17(12-14)25-2)21-18(23)11-10-16(22)13-6-4-3-5-7-13/h3-9,12H,10-11H2,1-2H3,(H,20,24)(H,21,23). The van der Waals surface area contributed by atoms with Crippen molar-refractivity contribution in [2.75, 3.05) is 19.5 Å². The number of nitrogens with one attached hydrogen (secondary N) is 2. The summed E-state index contributed by atoms with van der Waals surface area (Å²) in [6.07, 6.45) is 0.183. The van der Waals surface area contributed by atoms with E-state index in [0.29, 0.717) is 22.6 Å². The molecule has 0 spiro atoms. The van der Waals surface area contributed by atoms with Crippen LogP contribution in [0.1, 0.15) is 33.6 Å². The highest BCUT2D eigenvalue weighted by atomic mass is 16.5. The summed E-state index contributed by atoms with van der Waals surface area (Å²) >= 11 is 0. The fourth-order valence-electron chi connectivity index (χ4n) is 2.29. The van der Waals surface area contributed by atoms with Gasteiger partial charge in [0.25, 0.3) is 5.91 Å². The summed E-state index contributed by atoms with van der Waals surface area (Å²) in [7, 11) is 2.99. The molecule has 25 heavy (non-hydrogen) atoms. The van der Waals surface area contributed by atoms with E-state index in [-0.39, 0.29) is 30.4 Å². The van der Waals surface area contributed by atoms with Gasteiger partial charge in [-0.1, -0.05) is 30.3 Å². The smallest absolute Gasteiger partial charge is 0.251 e. The van der Waals surface area contributed by atoms with Crippen LogP contribution in [0.2, 0.25) is 0 Å². The lowest BCUT2D eigenvalue weighted by molar-refractivity contribution is -0.116. The third-order valence-electron chi connectivity index (χ3n) is 3.64. The maximum Gasteiger partial charge on any atom is 0.251 e. The van der Waals surface area contributed by atoms with Crippen LogP contribution in [-0.4, -0.2) is 31.8 Å². The Kier molecular flexibility index (Phi) is 6.28. The van der Waals surface area contributed by atoms with Crippen LogP contribution >= 0.6 is 0 Å². The SMILES string of the molecule is CNC(=O)c1ccc(NC(=O)CCC(=O)c2ccccc2)c(OC)c1. The molecule has 0 bridgehead atoms. The Hall–Kier alpha value is -3.15. The van der Waals surface area contributed by atoms with E-state index in [1.54, 1.807) is 42.5 Å². The predicted octanol–water partition coefficient (Wildman–Crippen LogP) is 2.66. The minimum absolute atomic E-state index is 0.0636. The Bertz CT molecular complexity index is 772. The molecule has 2 aromatic rings. The van der Waals surface area contributed by atoms with E-state index >= 15 is 0 Å². The van der Waals surface area contributed by atoms with Crippen molar-refractivity contribution in [2.45, 2.75) is 12.8 Å². The number of hydrogen-bond donors (Lipinski definition) is 2. The number of ketones is 1. The minimum atomic E-state index is -0.296. The second-order valence-electron chi connectivity index (χ2n) is 5.33. The summed E-state index contributed by atoms with van der Waals surface area (Å²) in [5.41, 5.74) is 1.46. The number of benzene rings is 2. The summed E-state index contributed by atoms with van der Waals surface area (Å²) < 4.78 is 5.21. The quantitative estimate of drug-likeness (QED) is 0.759. The Morgan fingerprint density at radius 1 is 0.960 bits per heavy atom. The molecule has 0 unspecified atom stereocenters. The highest BCUT2D eigenvalue weighted by molar-refractivity contribution is 6.01. The Labute approximate surface area is 146 Å². The molecule has 0 atom stereocenters. The number of carbonyl (C=O) groups is 3. The van der Waals surface area contributed by atoms with Crippen LogP contribution in [0.4, 0.5) is 5.69 Å². The van der Waals surface area contributed by atoms with E-state index in [1.165, 1.54) is 14.2 Å². The molecule has 2 amide bonds. The lowest BCUT2D eigenvalue weighted by atomic mass is 10.1. The monoisotopic (exact) mass is 340 g/mol. The molecule has 0 fully saturated rings. The molecular weight excluding hydrogens is 320 g/mol. The molecule has 6 heteroatoms. The molecule has 0 aromatic heterocycles. The zero-order valence-electron chi connectivity index (χ0n) is 14.2. The largest absolute Gasteiger partial charge is 0.495 e. The van der Waals surface area contributed by atoms with E-state index in [4.69, 9.17) is 4.74 Å². The van der Waals surface area contributed by atoms with Gasteiger partial charge in [0.1, 0.15) is 5.75 Å². The summed E-state index contributed by atoms with van der Waals surface area (Å²) in [5, 5.41) is 5.23. The van der Waals surface area contributed by atoms with Gasteiger partial charge in [0.15, 0.2) is 5.78 Å². The second-order valence-corrected chi connectivity index (χ2v) is 5.33. The summed E-state index contributed by atoms with van der Waals surface area (Å²) in [6.45, 7) is 0. The van der Waals surface area contributed by atoms with Gasteiger partial charge in [-0.3, -0.25) is 14.4 Å². The van der Waals surface area contributed by atoms with E-state index in [0.717, 1.165) is 0 Å². The zero-order valence-corrected chi connectivity index (χ0v) is 14.2. The topological polar surface area (TPSA) is 84.5 Å². The summed E-state index contributed by atoms with van der Waals surface area (Å²) in [4.78, 5) is 35.8. The van der Waals surface area contributed by atoms with E-state index in [1.807, 2.05) is 6.07 Å². The predicted molar refractivity (Wildman–Crippen MR) is 95.0 cm³/mol. The number of carbonyl (C=O) groups excluding carboxylic acids is 3. The molecule has 2 rings (SSSR count). The second kappa shape index (κ2) is 8.63. The first kappa shape index (κ1) is 18.2. The molecule has 0 radical (unpaired) electrons. The number of ether oxygens (including phenoxy) is 1. The van der Waals surface area contributed by atoms with Crippen molar-refractivity contribution in [2.24, 2.45) is 0 Å². The van der Waals surface area contributed by atoms with Crippen LogP contribution < -0.4 is 15.4 Å².